The molecule has 1 saturated heterocycles. The molecule has 1 aromatic carbocycles. The second-order valence-electron chi connectivity index (χ2n) is 6.79. The molecule has 1 atom stereocenters. The van der Waals surface area contributed by atoms with Gasteiger partial charge in [-0.05, 0) is 31.9 Å². The third-order valence-electron chi connectivity index (χ3n) is 5.13. The van der Waals surface area contributed by atoms with Crippen LogP contribution in [0.5, 0.6) is 0 Å². The zero-order chi connectivity index (χ0) is 15.6. The molecule has 1 fully saturated rings. The van der Waals surface area contributed by atoms with E-state index in [1.165, 1.54) is 35.5 Å². The summed E-state index contributed by atoms with van der Waals surface area (Å²) in [4.78, 5) is 14.1. The summed E-state index contributed by atoms with van der Waals surface area (Å²) in [6, 6.07) is 11.4. The number of nitrogens with zero attached hydrogens (tertiary/aromatic N) is 4. The van der Waals surface area contributed by atoms with Gasteiger partial charge in [0.05, 0.1) is 5.69 Å². The summed E-state index contributed by atoms with van der Waals surface area (Å²) in [7, 11) is 2.19. The Bertz CT molecular complexity index is 670. The second-order valence-corrected chi connectivity index (χ2v) is 6.79. The SMILES string of the molecule is CN1CCc2ncnc(N3CCCC3Cc3ccccc3)c2C1. The van der Waals surface area contributed by atoms with Crippen LogP contribution in [0, 0.1) is 0 Å². The van der Waals surface area contributed by atoms with E-state index >= 15 is 0 Å². The van der Waals surface area contributed by atoms with Crippen LogP contribution in [-0.4, -0.2) is 41.0 Å². The monoisotopic (exact) mass is 308 g/mol. The zero-order valence-corrected chi connectivity index (χ0v) is 13.8. The number of fused-ring (bicyclic) bond motifs is 1. The van der Waals surface area contributed by atoms with Crippen molar-refractivity contribution in [2.24, 2.45) is 0 Å². The molecule has 2 aliphatic rings. The van der Waals surface area contributed by atoms with Gasteiger partial charge in [0.15, 0.2) is 0 Å². The zero-order valence-electron chi connectivity index (χ0n) is 13.8. The molecular weight excluding hydrogens is 284 g/mol. The van der Waals surface area contributed by atoms with Crippen LogP contribution < -0.4 is 4.90 Å². The van der Waals surface area contributed by atoms with E-state index in [9.17, 15) is 0 Å². The first kappa shape index (κ1) is 14.6. The van der Waals surface area contributed by atoms with Gasteiger partial charge in [0, 0.05) is 37.7 Å². The summed E-state index contributed by atoms with van der Waals surface area (Å²) in [6.07, 6.45) is 6.42. The Morgan fingerprint density at radius 1 is 1.13 bits per heavy atom. The maximum Gasteiger partial charge on any atom is 0.137 e. The number of benzene rings is 1. The highest BCUT2D eigenvalue weighted by atomic mass is 15.2. The lowest BCUT2D eigenvalue weighted by molar-refractivity contribution is 0.309. The van der Waals surface area contributed by atoms with Gasteiger partial charge in [0.2, 0.25) is 0 Å². The minimum absolute atomic E-state index is 0.559. The van der Waals surface area contributed by atoms with Crippen molar-refractivity contribution < 1.29 is 0 Å². The summed E-state index contributed by atoms with van der Waals surface area (Å²) in [5, 5.41) is 0. The Kier molecular flexibility index (Phi) is 4.00. The highest BCUT2D eigenvalue weighted by molar-refractivity contribution is 5.51. The topological polar surface area (TPSA) is 32.3 Å². The van der Waals surface area contributed by atoms with Crippen LogP contribution in [0.3, 0.4) is 0 Å². The average Bonchev–Trinajstić information content (AvgIpc) is 3.03. The number of anilines is 1. The molecule has 4 nitrogen and oxygen atoms in total. The molecule has 0 N–H and O–H groups in total. The Labute approximate surface area is 138 Å². The molecule has 0 aliphatic carbocycles. The van der Waals surface area contributed by atoms with Crippen molar-refractivity contribution in [3.8, 4) is 0 Å². The first-order valence-corrected chi connectivity index (χ1v) is 8.63. The van der Waals surface area contributed by atoms with Crippen molar-refractivity contribution in [2.75, 3.05) is 25.0 Å². The van der Waals surface area contributed by atoms with Gasteiger partial charge in [0.1, 0.15) is 12.1 Å². The lowest BCUT2D eigenvalue weighted by atomic mass is 10.0. The fourth-order valence-electron chi connectivity index (χ4n) is 3.92. The first-order chi connectivity index (χ1) is 11.3. The van der Waals surface area contributed by atoms with E-state index in [-0.39, 0.29) is 0 Å². The van der Waals surface area contributed by atoms with Crippen LogP contribution >= 0.6 is 0 Å². The van der Waals surface area contributed by atoms with Crippen LogP contribution in [-0.2, 0) is 19.4 Å². The molecule has 4 heteroatoms. The van der Waals surface area contributed by atoms with Gasteiger partial charge in [-0.3, -0.25) is 0 Å². The number of hydrogen-bond acceptors (Lipinski definition) is 4. The maximum atomic E-state index is 4.69. The summed E-state index contributed by atoms with van der Waals surface area (Å²) in [5.41, 5.74) is 4.02. The minimum Gasteiger partial charge on any atom is -0.353 e. The van der Waals surface area contributed by atoms with E-state index in [1.807, 2.05) is 0 Å². The van der Waals surface area contributed by atoms with Crippen LogP contribution in [0.1, 0.15) is 29.7 Å². The largest absolute Gasteiger partial charge is 0.353 e. The predicted octanol–water partition coefficient (Wildman–Crippen LogP) is 2.68. The molecule has 2 aliphatic heterocycles. The van der Waals surface area contributed by atoms with Gasteiger partial charge < -0.3 is 9.80 Å². The Morgan fingerprint density at radius 3 is 2.87 bits per heavy atom. The molecule has 4 rings (SSSR count). The lowest BCUT2D eigenvalue weighted by Gasteiger charge is -2.32. The van der Waals surface area contributed by atoms with E-state index in [2.05, 4.69) is 57.1 Å². The van der Waals surface area contributed by atoms with Gasteiger partial charge >= 0.3 is 0 Å². The lowest BCUT2D eigenvalue weighted by Crippen LogP contribution is -2.35. The Hall–Kier alpha value is -1.94. The Balaban J connectivity index is 1.62. The third-order valence-corrected chi connectivity index (χ3v) is 5.13. The molecule has 1 aromatic heterocycles. The van der Waals surface area contributed by atoms with E-state index < -0.39 is 0 Å². The number of hydrogen-bond donors (Lipinski definition) is 0. The van der Waals surface area contributed by atoms with Crippen LogP contribution in [0.4, 0.5) is 5.82 Å². The fourth-order valence-corrected chi connectivity index (χ4v) is 3.92. The standard InChI is InChI=1S/C19H24N4/c1-22-11-9-18-17(13-22)19(21-14-20-18)23-10-5-8-16(23)12-15-6-3-2-4-7-15/h2-4,6-7,14,16H,5,8-13H2,1H3. The van der Waals surface area contributed by atoms with Crippen LogP contribution in [0.25, 0.3) is 0 Å². The van der Waals surface area contributed by atoms with Gasteiger partial charge in [-0.15, -0.1) is 0 Å². The van der Waals surface area contributed by atoms with Crippen molar-refractivity contribution in [1.82, 2.24) is 14.9 Å². The van der Waals surface area contributed by atoms with E-state index in [1.54, 1.807) is 6.33 Å². The molecule has 3 heterocycles. The molecule has 0 spiro atoms. The quantitative estimate of drug-likeness (QED) is 0.872. The molecule has 2 aromatic rings. The third kappa shape index (κ3) is 2.95. The summed E-state index contributed by atoms with van der Waals surface area (Å²) in [6.45, 7) is 3.18. The number of aromatic nitrogens is 2. The van der Waals surface area contributed by atoms with Crippen LogP contribution in [0.2, 0.25) is 0 Å². The summed E-state index contributed by atoms with van der Waals surface area (Å²) >= 11 is 0. The number of likely N-dealkylation sites (N-methyl/N-ethyl adjacent to an activating group) is 1. The summed E-state index contributed by atoms with van der Waals surface area (Å²) in [5.74, 6) is 1.18. The smallest absolute Gasteiger partial charge is 0.137 e. The highest BCUT2D eigenvalue weighted by Gasteiger charge is 2.30. The summed E-state index contributed by atoms with van der Waals surface area (Å²) < 4.78 is 0. The van der Waals surface area contributed by atoms with Crippen molar-refractivity contribution in [2.45, 2.75) is 38.3 Å². The van der Waals surface area contributed by atoms with Gasteiger partial charge in [0.25, 0.3) is 0 Å². The molecule has 120 valence electrons. The van der Waals surface area contributed by atoms with E-state index in [0.29, 0.717) is 6.04 Å². The molecule has 0 amide bonds. The highest BCUT2D eigenvalue weighted by Crippen LogP contribution is 2.31. The maximum absolute atomic E-state index is 4.69. The molecule has 0 saturated carbocycles. The molecular formula is C19H24N4. The normalized spacial score (nSPS) is 21.4. The van der Waals surface area contributed by atoms with E-state index in [4.69, 9.17) is 0 Å². The van der Waals surface area contributed by atoms with Gasteiger partial charge in [-0.25, -0.2) is 9.97 Å². The van der Waals surface area contributed by atoms with Crippen molar-refractivity contribution in [1.29, 1.82) is 0 Å². The predicted molar refractivity (Wildman–Crippen MR) is 92.6 cm³/mol. The molecule has 1 unspecified atom stereocenters. The molecule has 0 radical (unpaired) electrons. The molecule has 0 bridgehead atoms. The minimum atomic E-state index is 0.559. The van der Waals surface area contributed by atoms with Gasteiger partial charge in [-0.1, -0.05) is 30.3 Å². The van der Waals surface area contributed by atoms with Crippen molar-refractivity contribution in [3.05, 3.63) is 53.5 Å². The van der Waals surface area contributed by atoms with Gasteiger partial charge in [-0.2, -0.15) is 0 Å². The van der Waals surface area contributed by atoms with Crippen molar-refractivity contribution >= 4 is 5.82 Å². The van der Waals surface area contributed by atoms with Crippen molar-refractivity contribution in [3.63, 3.8) is 0 Å². The van der Waals surface area contributed by atoms with E-state index in [0.717, 1.165) is 32.5 Å². The van der Waals surface area contributed by atoms with Crippen LogP contribution in [0.15, 0.2) is 36.7 Å². The second kappa shape index (κ2) is 6.28. The average molecular weight is 308 g/mol. The number of rotatable bonds is 3. The molecule has 23 heavy (non-hydrogen) atoms. The fraction of sp³-hybridized carbons (Fsp3) is 0.474. The first-order valence-electron chi connectivity index (χ1n) is 8.63. The Morgan fingerprint density at radius 2 is 2.00 bits per heavy atom.